The summed E-state index contributed by atoms with van der Waals surface area (Å²) in [7, 11) is 0. The molecule has 0 unspecified atom stereocenters. The first-order valence-corrected chi connectivity index (χ1v) is 12.6. The minimum atomic E-state index is -1.80. The number of hydrogen-bond donors (Lipinski definition) is 4. The van der Waals surface area contributed by atoms with Crippen LogP contribution in [0.25, 0.3) is 0 Å². The molecule has 37 heavy (non-hydrogen) atoms. The third-order valence-corrected chi connectivity index (χ3v) is 6.56. The van der Waals surface area contributed by atoms with Gasteiger partial charge in [-0.25, -0.2) is 9.59 Å². The fraction of sp³-hybridized carbons (Fsp3) is 0.407. The Morgan fingerprint density at radius 1 is 0.865 bits per heavy atom. The fourth-order valence-corrected chi connectivity index (χ4v) is 4.64. The zero-order valence-corrected chi connectivity index (χ0v) is 20.8. The van der Waals surface area contributed by atoms with Crippen molar-refractivity contribution >= 4 is 23.9 Å². The SMILES string of the molecule is CCCNC(=O)NCc1ccc(Oc2ccc(OC3(C4CCCCC4)C(=O)NC(=O)NC3=O)cc2)cc1. The highest BCUT2D eigenvalue weighted by Crippen LogP contribution is 2.38. The highest BCUT2D eigenvalue weighted by atomic mass is 16.5. The van der Waals surface area contributed by atoms with Crippen LogP contribution in [0.15, 0.2) is 48.5 Å². The molecule has 2 fully saturated rings. The van der Waals surface area contributed by atoms with Crippen LogP contribution in [-0.4, -0.2) is 36.0 Å². The number of imide groups is 2. The van der Waals surface area contributed by atoms with Crippen LogP contribution >= 0.6 is 0 Å². The maximum absolute atomic E-state index is 12.9. The van der Waals surface area contributed by atoms with Gasteiger partial charge in [-0.15, -0.1) is 0 Å². The molecule has 10 heteroatoms. The average molecular weight is 509 g/mol. The number of nitrogens with one attached hydrogen (secondary N) is 4. The molecule has 0 radical (unpaired) electrons. The van der Waals surface area contributed by atoms with E-state index in [0.29, 0.717) is 43.2 Å². The fourth-order valence-electron chi connectivity index (χ4n) is 4.64. The zero-order valence-electron chi connectivity index (χ0n) is 20.8. The predicted molar refractivity (Wildman–Crippen MR) is 135 cm³/mol. The number of benzene rings is 2. The molecule has 10 nitrogen and oxygen atoms in total. The molecule has 1 aliphatic heterocycles. The van der Waals surface area contributed by atoms with Crippen molar-refractivity contribution in [3.05, 3.63) is 54.1 Å². The lowest BCUT2D eigenvalue weighted by molar-refractivity contribution is -0.158. The van der Waals surface area contributed by atoms with Crippen LogP contribution < -0.4 is 30.7 Å². The minimum Gasteiger partial charge on any atom is -0.467 e. The molecule has 1 saturated heterocycles. The number of carbonyl (C=O) groups excluding carboxylic acids is 4. The van der Waals surface area contributed by atoms with Gasteiger partial charge in [-0.2, -0.15) is 0 Å². The van der Waals surface area contributed by atoms with Crippen molar-refractivity contribution in [2.24, 2.45) is 5.92 Å². The van der Waals surface area contributed by atoms with Gasteiger partial charge in [0.05, 0.1) is 0 Å². The lowest BCUT2D eigenvalue weighted by Gasteiger charge is -2.41. The molecule has 196 valence electrons. The number of urea groups is 2. The summed E-state index contributed by atoms with van der Waals surface area (Å²) in [6.45, 7) is 3.02. The molecule has 1 aliphatic carbocycles. The molecular weight excluding hydrogens is 476 g/mol. The number of hydrogen-bond acceptors (Lipinski definition) is 6. The second-order valence-electron chi connectivity index (χ2n) is 9.24. The number of amides is 6. The van der Waals surface area contributed by atoms with Crippen LogP contribution in [0, 0.1) is 5.92 Å². The number of ether oxygens (including phenoxy) is 2. The van der Waals surface area contributed by atoms with Crippen LogP contribution in [0.3, 0.4) is 0 Å². The highest BCUT2D eigenvalue weighted by molar-refractivity contribution is 6.22. The molecular formula is C27H32N4O6. The third kappa shape index (κ3) is 6.19. The van der Waals surface area contributed by atoms with E-state index in [2.05, 4.69) is 21.3 Å². The van der Waals surface area contributed by atoms with E-state index in [0.717, 1.165) is 31.2 Å². The third-order valence-electron chi connectivity index (χ3n) is 6.56. The van der Waals surface area contributed by atoms with Gasteiger partial charge in [-0.05, 0) is 61.2 Å². The number of carbonyl (C=O) groups is 4. The molecule has 0 bridgehead atoms. The van der Waals surface area contributed by atoms with E-state index < -0.39 is 23.4 Å². The van der Waals surface area contributed by atoms with Crippen LogP contribution in [0.4, 0.5) is 9.59 Å². The lowest BCUT2D eigenvalue weighted by atomic mass is 9.75. The van der Waals surface area contributed by atoms with Crippen molar-refractivity contribution in [3.8, 4) is 17.2 Å². The Kier molecular flexibility index (Phi) is 8.27. The Bertz CT molecular complexity index is 1110. The Labute approximate surface area is 215 Å². The number of rotatable bonds is 9. The van der Waals surface area contributed by atoms with E-state index in [-0.39, 0.29) is 11.9 Å². The van der Waals surface area contributed by atoms with Crippen molar-refractivity contribution in [2.45, 2.75) is 57.6 Å². The Hall–Kier alpha value is -4.08. The van der Waals surface area contributed by atoms with Crippen LogP contribution in [0.5, 0.6) is 17.2 Å². The van der Waals surface area contributed by atoms with E-state index in [1.54, 1.807) is 36.4 Å². The van der Waals surface area contributed by atoms with Crippen LogP contribution in [0.1, 0.15) is 51.0 Å². The largest absolute Gasteiger partial charge is 0.467 e. The normalized spacial score (nSPS) is 17.4. The number of barbiturate groups is 1. The molecule has 1 heterocycles. The van der Waals surface area contributed by atoms with Crippen molar-refractivity contribution in [2.75, 3.05) is 6.54 Å². The second kappa shape index (κ2) is 11.8. The van der Waals surface area contributed by atoms with Crippen LogP contribution in [0.2, 0.25) is 0 Å². The van der Waals surface area contributed by atoms with Crippen LogP contribution in [-0.2, 0) is 16.1 Å². The average Bonchev–Trinajstić information content (AvgIpc) is 2.90. The molecule has 4 N–H and O–H groups in total. The summed E-state index contributed by atoms with van der Waals surface area (Å²) in [4.78, 5) is 49.2. The zero-order chi connectivity index (χ0) is 26.3. The second-order valence-corrected chi connectivity index (χ2v) is 9.24. The van der Waals surface area contributed by atoms with Crippen molar-refractivity contribution < 1.29 is 28.7 Å². The van der Waals surface area contributed by atoms with E-state index in [1.165, 1.54) is 0 Å². The summed E-state index contributed by atoms with van der Waals surface area (Å²) in [6.07, 6.45) is 5.00. The van der Waals surface area contributed by atoms with Gasteiger partial charge in [-0.1, -0.05) is 38.3 Å². The summed E-state index contributed by atoms with van der Waals surface area (Å²) >= 11 is 0. The summed E-state index contributed by atoms with van der Waals surface area (Å²) in [5.41, 5.74) is -0.869. The Morgan fingerprint density at radius 3 is 2.03 bits per heavy atom. The van der Waals surface area contributed by atoms with E-state index >= 15 is 0 Å². The van der Waals surface area contributed by atoms with Gasteiger partial charge < -0.3 is 20.1 Å². The molecule has 0 aromatic heterocycles. The van der Waals surface area contributed by atoms with Gasteiger partial charge in [0.2, 0.25) is 0 Å². The van der Waals surface area contributed by atoms with E-state index in [9.17, 15) is 19.2 Å². The first-order chi connectivity index (χ1) is 17.9. The van der Waals surface area contributed by atoms with Gasteiger partial charge in [0.15, 0.2) is 0 Å². The molecule has 4 rings (SSSR count). The molecule has 6 amide bonds. The summed E-state index contributed by atoms with van der Waals surface area (Å²) in [5, 5.41) is 9.97. The highest BCUT2D eigenvalue weighted by Gasteiger charge is 2.58. The van der Waals surface area contributed by atoms with E-state index in [4.69, 9.17) is 9.47 Å². The predicted octanol–water partition coefficient (Wildman–Crippen LogP) is 3.75. The van der Waals surface area contributed by atoms with Gasteiger partial charge in [0.1, 0.15) is 17.2 Å². The van der Waals surface area contributed by atoms with Crippen molar-refractivity contribution in [1.82, 2.24) is 21.3 Å². The molecule has 2 aromatic carbocycles. The molecule has 2 aromatic rings. The van der Waals surface area contributed by atoms with Gasteiger partial charge in [-0.3, -0.25) is 20.2 Å². The molecule has 2 aliphatic rings. The van der Waals surface area contributed by atoms with Gasteiger partial charge >= 0.3 is 12.1 Å². The Balaban J connectivity index is 1.40. The first-order valence-electron chi connectivity index (χ1n) is 12.6. The van der Waals surface area contributed by atoms with Gasteiger partial charge in [0.25, 0.3) is 17.4 Å². The maximum Gasteiger partial charge on any atom is 0.328 e. The molecule has 0 atom stereocenters. The van der Waals surface area contributed by atoms with Crippen molar-refractivity contribution in [3.63, 3.8) is 0 Å². The summed E-state index contributed by atoms with van der Waals surface area (Å²) in [5.74, 6) is -0.333. The quantitative estimate of drug-likeness (QED) is 0.381. The minimum absolute atomic E-state index is 0.204. The maximum atomic E-state index is 12.9. The van der Waals surface area contributed by atoms with Gasteiger partial charge in [0, 0.05) is 19.0 Å². The standard InChI is InChI=1S/C27H32N4O6/c1-2-16-28-25(34)29-17-18-8-10-20(11-9-18)36-21-12-14-22(15-13-21)37-27(19-6-4-3-5-7-19)23(32)30-26(35)31-24(27)33/h8-15,19H,2-7,16-17H2,1H3,(H2,28,29,34)(H2,30,31,32,33,35). The smallest absolute Gasteiger partial charge is 0.328 e. The topological polar surface area (TPSA) is 135 Å². The molecule has 1 saturated carbocycles. The summed E-state index contributed by atoms with van der Waals surface area (Å²) < 4.78 is 12.0. The summed E-state index contributed by atoms with van der Waals surface area (Å²) in [6, 6.07) is 12.9. The molecule has 0 spiro atoms. The first kappa shape index (κ1) is 26.0. The lowest BCUT2D eigenvalue weighted by Crippen LogP contribution is -2.72. The van der Waals surface area contributed by atoms with E-state index in [1.807, 2.05) is 19.1 Å². The Morgan fingerprint density at radius 2 is 1.43 bits per heavy atom. The van der Waals surface area contributed by atoms with Crippen molar-refractivity contribution in [1.29, 1.82) is 0 Å². The monoisotopic (exact) mass is 508 g/mol.